The number of benzene rings is 1. The molecule has 0 saturated carbocycles. The van der Waals surface area contributed by atoms with E-state index in [0.717, 1.165) is 6.54 Å². The molecule has 0 aromatic heterocycles. The van der Waals surface area contributed by atoms with Crippen molar-refractivity contribution in [3.63, 3.8) is 0 Å². The van der Waals surface area contributed by atoms with Crippen molar-refractivity contribution in [2.75, 3.05) is 0 Å². The topological polar surface area (TPSA) is 12.0 Å². The summed E-state index contributed by atoms with van der Waals surface area (Å²) in [7, 11) is 0. The van der Waals surface area contributed by atoms with Gasteiger partial charge in [0, 0.05) is 16.2 Å². The summed E-state index contributed by atoms with van der Waals surface area (Å²) in [6.07, 6.45) is 1.17. The Morgan fingerprint density at radius 2 is 1.87 bits per heavy atom. The van der Waals surface area contributed by atoms with Crippen molar-refractivity contribution in [3.8, 4) is 0 Å². The molecule has 1 unspecified atom stereocenters. The lowest BCUT2D eigenvalue weighted by molar-refractivity contribution is 0.659. The Labute approximate surface area is 151 Å². The lowest BCUT2D eigenvalue weighted by Gasteiger charge is -2.18. The van der Waals surface area contributed by atoms with E-state index in [-0.39, 0.29) is 4.75 Å². The molecule has 0 bridgehead atoms. The van der Waals surface area contributed by atoms with Gasteiger partial charge in [-0.3, -0.25) is 4.72 Å². The Morgan fingerprint density at radius 1 is 1.26 bits per heavy atom. The summed E-state index contributed by atoms with van der Waals surface area (Å²) in [5, 5.41) is 1.93. The zero-order chi connectivity index (χ0) is 17.5. The predicted molar refractivity (Wildman–Crippen MR) is 110 cm³/mol. The van der Waals surface area contributed by atoms with Crippen LogP contribution in [0.1, 0.15) is 59.1 Å². The third-order valence-corrected chi connectivity index (χ3v) is 5.64. The molecule has 0 spiro atoms. The fourth-order valence-electron chi connectivity index (χ4n) is 2.11. The van der Waals surface area contributed by atoms with Crippen molar-refractivity contribution in [2.45, 2.75) is 59.3 Å². The van der Waals surface area contributed by atoms with E-state index in [1.54, 1.807) is 23.7 Å². The third kappa shape index (κ3) is 7.19. The van der Waals surface area contributed by atoms with Gasteiger partial charge in [0.1, 0.15) is 0 Å². The molecule has 1 atom stereocenters. The molecule has 1 N–H and O–H groups in total. The van der Waals surface area contributed by atoms with Crippen LogP contribution in [-0.2, 0) is 6.54 Å². The van der Waals surface area contributed by atoms with Crippen LogP contribution in [0, 0.1) is 5.92 Å². The molecule has 0 radical (unpaired) electrons. The summed E-state index contributed by atoms with van der Waals surface area (Å²) < 4.78 is 3.69. The molecule has 0 amide bonds. The lowest BCUT2D eigenvalue weighted by atomic mass is 9.97. The van der Waals surface area contributed by atoms with Gasteiger partial charge in [-0.1, -0.05) is 74.0 Å². The first-order chi connectivity index (χ1) is 10.8. The monoisotopic (exact) mass is 349 g/mol. The Bertz CT molecular complexity index is 524. The molecule has 0 fully saturated rings. The maximum absolute atomic E-state index is 3.89. The average molecular weight is 350 g/mol. The van der Waals surface area contributed by atoms with E-state index in [1.807, 2.05) is 5.41 Å². The van der Waals surface area contributed by atoms with E-state index < -0.39 is 0 Å². The first-order valence-corrected chi connectivity index (χ1v) is 9.96. The number of hydrogen-bond donors (Lipinski definition) is 1. The maximum atomic E-state index is 3.89. The van der Waals surface area contributed by atoms with E-state index in [0.29, 0.717) is 5.92 Å². The quantitative estimate of drug-likeness (QED) is 0.514. The molecular weight excluding hydrogens is 318 g/mol. The summed E-state index contributed by atoms with van der Waals surface area (Å²) in [6.45, 7) is 18.2. The van der Waals surface area contributed by atoms with Crippen LogP contribution in [0.25, 0.3) is 4.91 Å². The van der Waals surface area contributed by atoms with Crippen molar-refractivity contribution in [1.29, 1.82) is 0 Å². The third-order valence-electron chi connectivity index (χ3n) is 3.78. The summed E-state index contributed by atoms with van der Waals surface area (Å²) >= 11 is 3.51. The van der Waals surface area contributed by atoms with Gasteiger partial charge in [-0.15, -0.1) is 0 Å². The number of hydrogen-bond acceptors (Lipinski definition) is 3. The molecule has 1 nitrogen and oxygen atoms in total. The standard InChI is InChI=1S/C20H31NS2/c1-8-15(3)16(4)19(22-9-2)18-12-10-17(11-13-18)14-21-23-20(5,6)7/h9-13,15,21H,2,8,14H2,1,3-7H3/b19-16-. The molecule has 0 aliphatic rings. The van der Waals surface area contributed by atoms with Crippen LogP contribution in [0.4, 0.5) is 0 Å². The van der Waals surface area contributed by atoms with E-state index in [4.69, 9.17) is 0 Å². The highest BCUT2D eigenvalue weighted by molar-refractivity contribution is 8.10. The van der Waals surface area contributed by atoms with Crippen molar-refractivity contribution < 1.29 is 0 Å². The number of nitrogens with one attached hydrogen (secondary N) is 1. The Kier molecular flexibility index (Phi) is 8.52. The van der Waals surface area contributed by atoms with Crippen LogP contribution >= 0.6 is 23.7 Å². The molecule has 3 heteroatoms. The molecular formula is C20H31NS2. The molecule has 1 aromatic rings. The fourth-order valence-corrected chi connectivity index (χ4v) is 3.61. The van der Waals surface area contributed by atoms with Gasteiger partial charge >= 0.3 is 0 Å². The average Bonchev–Trinajstić information content (AvgIpc) is 2.51. The molecule has 1 rings (SSSR count). The largest absolute Gasteiger partial charge is 0.259 e. The van der Waals surface area contributed by atoms with E-state index in [9.17, 15) is 0 Å². The number of allylic oxidation sites excluding steroid dienone is 1. The minimum absolute atomic E-state index is 0.240. The predicted octanol–water partition coefficient (Wildman–Crippen LogP) is 6.88. The second-order valence-corrected chi connectivity index (χ2v) is 9.53. The molecule has 0 aliphatic heterocycles. The Morgan fingerprint density at radius 3 is 2.35 bits per heavy atom. The van der Waals surface area contributed by atoms with Gasteiger partial charge < -0.3 is 0 Å². The summed E-state index contributed by atoms with van der Waals surface area (Å²) in [5.74, 6) is 0.599. The van der Waals surface area contributed by atoms with Crippen molar-refractivity contribution in [1.82, 2.24) is 4.72 Å². The van der Waals surface area contributed by atoms with Gasteiger partial charge in [0.15, 0.2) is 0 Å². The highest BCUT2D eigenvalue weighted by Crippen LogP contribution is 2.35. The van der Waals surface area contributed by atoms with Crippen LogP contribution in [0.3, 0.4) is 0 Å². The smallest absolute Gasteiger partial charge is 0.0310 e. The van der Waals surface area contributed by atoms with Gasteiger partial charge in [0.25, 0.3) is 0 Å². The van der Waals surface area contributed by atoms with Crippen molar-refractivity contribution in [3.05, 3.63) is 53.0 Å². The molecule has 0 heterocycles. The van der Waals surface area contributed by atoms with Gasteiger partial charge in [0.2, 0.25) is 0 Å². The number of thioether (sulfide) groups is 1. The first-order valence-electron chi connectivity index (χ1n) is 8.27. The van der Waals surface area contributed by atoms with Gasteiger partial charge in [-0.05, 0) is 56.6 Å². The minimum Gasteiger partial charge on any atom is -0.259 e. The Balaban J connectivity index is 2.85. The molecule has 23 heavy (non-hydrogen) atoms. The van der Waals surface area contributed by atoms with E-state index >= 15 is 0 Å². The molecule has 1 aromatic carbocycles. The summed E-state index contributed by atoms with van der Waals surface area (Å²) in [6, 6.07) is 8.91. The van der Waals surface area contributed by atoms with Gasteiger partial charge in [-0.25, -0.2) is 0 Å². The van der Waals surface area contributed by atoms with Crippen LogP contribution in [0.15, 0.2) is 41.8 Å². The van der Waals surface area contributed by atoms with Crippen molar-refractivity contribution >= 4 is 28.6 Å². The Hall–Kier alpha value is -0.640. The molecule has 0 aliphatic carbocycles. The van der Waals surface area contributed by atoms with Gasteiger partial charge in [-0.2, -0.15) is 0 Å². The van der Waals surface area contributed by atoms with Crippen LogP contribution in [0.2, 0.25) is 0 Å². The van der Waals surface area contributed by atoms with Gasteiger partial charge in [0.05, 0.1) is 0 Å². The number of rotatable bonds is 8. The van der Waals surface area contributed by atoms with E-state index in [1.165, 1.54) is 28.0 Å². The van der Waals surface area contributed by atoms with Crippen LogP contribution in [0.5, 0.6) is 0 Å². The molecule has 0 saturated heterocycles. The SMILES string of the molecule is C=CS/C(=C(/C)C(C)CC)c1ccc(CNSC(C)(C)C)cc1. The zero-order valence-electron chi connectivity index (χ0n) is 15.4. The maximum Gasteiger partial charge on any atom is 0.0310 e. The van der Waals surface area contributed by atoms with Crippen LogP contribution < -0.4 is 4.72 Å². The lowest BCUT2D eigenvalue weighted by Crippen LogP contribution is -2.16. The summed E-state index contributed by atoms with van der Waals surface area (Å²) in [4.78, 5) is 1.35. The first kappa shape index (κ1) is 20.4. The zero-order valence-corrected chi connectivity index (χ0v) is 17.0. The highest BCUT2D eigenvalue weighted by atomic mass is 32.2. The van der Waals surface area contributed by atoms with Crippen molar-refractivity contribution in [2.24, 2.45) is 5.92 Å². The second kappa shape index (κ2) is 9.61. The summed E-state index contributed by atoms with van der Waals surface area (Å²) in [5.41, 5.74) is 4.06. The normalized spacial score (nSPS) is 14.3. The fraction of sp³-hybridized carbons (Fsp3) is 0.500. The highest BCUT2D eigenvalue weighted by Gasteiger charge is 2.12. The second-order valence-electron chi connectivity index (χ2n) is 6.84. The minimum atomic E-state index is 0.240. The van der Waals surface area contributed by atoms with E-state index in [2.05, 4.69) is 77.1 Å². The van der Waals surface area contributed by atoms with Crippen LogP contribution in [-0.4, -0.2) is 4.75 Å². The molecule has 128 valence electrons.